The highest BCUT2D eigenvalue weighted by Gasteiger charge is 2.27. The van der Waals surface area contributed by atoms with Crippen molar-refractivity contribution in [3.63, 3.8) is 0 Å². The molecule has 0 radical (unpaired) electrons. The van der Waals surface area contributed by atoms with Gasteiger partial charge < -0.3 is 5.73 Å². The van der Waals surface area contributed by atoms with Gasteiger partial charge >= 0.3 is 0 Å². The molecule has 0 heterocycles. The van der Waals surface area contributed by atoms with Crippen molar-refractivity contribution >= 4 is 0 Å². The van der Waals surface area contributed by atoms with Gasteiger partial charge in [-0.1, -0.05) is 60.7 Å². The Bertz CT molecular complexity index is 524. The highest BCUT2D eigenvalue weighted by molar-refractivity contribution is 5.18. The van der Waals surface area contributed by atoms with Crippen molar-refractivity contribution in [2.75, 3.05) is 20.1 Å². The molecule has 0 spiro atoms. The van der Waals surface area contributed by atoms with Crippen molar-refractivity contribution in [3.05, 3.63) is 71.8 Å². The summed E-state index contributed by atoms with van der Waals surface area (Å²) in [5.74, 6) is 0. The molecule has 0 bridgehead atoms. The van der Waals surface area contributed by atoms with Crippen LogP contribution in [0.1, 0.15) is 18.1 Å². The zero-order chi connectivity index (χ0) is 15.1. The maximum absolute atomic E-state index is 6.08. The molecule has 2 aromatic rings. The van der Waals surface area contributed by atoms with Crippen LogP contribution >= 0.6 is 0 Å². The molecule has 2 aromatic carbocycles. The van der Waals surface area contributed by atoms with Gasteiger partial charge in [-0.15, -0.1) is 0 Å². The van der Waals surface area contributed by atoms with Crippen molar-refractivity contribution in [2.24, 2.45) is 5.73 Å². The van der Waals surface area contributed by atoms with Crippen LogP contribution in [-0.4, -0.2) is 30.6 Å². The van der Waals surface area contributed by atoms with Gasteiger partial charge in [0.05, 0.1) is 0 Å². The summed E-state index contributed by atoms with van der Waals surface area (Å²) in [4.78, 5) is 2.40. The number of benzene rings is 2. The predicted molar refractivity (Wildman–Crippen MR) is 90.4 cm³/mol. The molecule has 0 saturated carbocycles. The molecule has 2 nitrogen and oxygen atoms in total. The third kappa shape index (κ3) is 4.42. The largest absolute Gasteiger partial charge is 0.329 e. The van der Waals surface area contributed by atoms with Gasteiger partial charge in [-0.3, -0.25) is 4.90 Å². The lowest BCUT2D eigenvalue weighted by Crippen LogP contribution is -2.52. The summed E-state index contributed by atoms with van der Waals surface area (Å²) >= 11 is 0. The lowest BCUT2D eigenvalue weighted by atomic mass is 9.91. The van der Waals surface area contributed by atoms with E-state index in [9.17, 15) is 0 Å². The first-order chi connectivity index (χ1) is 10.1. The first-order valence-electron chi connectivity index (χ1n) is 7.63. The number of nitrogens with two attached hydrogens (primary N) is 1. The molecular weight excluding hydrogens is 256 g/mol. The second-order valence-corrected chi connectivity index (χ2v) is 6.02. The average molecular weight is 282 g/mol. The molecule has 0 aliphatic carbocycles. The Morgan fingerprint density at radius 3 is 1.95 bits per heavy atom. The van der Waals surface area contributed by atoms with Crippen molar-refractivity contribution in [1.82, 2.24) is 4.90 Å². The van der Waals surface area contributed by atoms with E-state index < -0.39 is 0 Å². The predicted octanol–water partition coefficient (Wildman–Crippen LogP) is 3.12. The van der Waals surface area contributed by atoms with Gasteiger partial charge in [0.15, 0.2) is 0 Å². The second-order valence-electron chi connectivity index (χ2n) is 6.02. The van der Waals surface area contributed by atoms with Crippen molar-refractivity contribution < 1.29 is 0 Å². The van der Waals surface area contributed by atoms with Crippen LogP contribution in [0, 0.1) is 0 Å². The zero-order valence-corrected chi connectivity index (χ0v) is 13.1. The van der Waals surface area contributed by atoms with Crippen LogP contribution in [0.3, 0.4) is 0 Å². The second kappa shape index (κ2) is 7.39. The molecule has 21 heavy (non-hydrogen) atoms. The first kappa shape index (κ1) is 15.7. The van der Waals surface area contributed by atoms with E-state index in [1.165, 1.54) is 11.1 Å². The summed E-state index contributed by atoms with van der Waals surface area (Å²) < 4.78 is 0. The molecule has 0 aromatic heterocycles. The SMILES string of the molecule is CN(CCc1ccccc1)C(C)(CN)Cc1ccccc1. The number of likely N-dealkylation sites (N-methyl/N-ethyl adjacent to an activating group) is 1. The van der Waals surface area contributed by atoms with Gasteiger partial charge in [0, 0.05) is 18.6 Å². The van der Waals surface area contributed by atoms with Crippen LogP contribution in [0.2, 0.25) is 0 Å². The van der Waals surface area contributed by atoms with E-state index in [-0.39, 0.29) is 5.54 Å². The van der Waals surface area contributed by atoms with E-state index in [0.717, 1.165) is 19.4 Å². The smallest absolute Gasteiger partial charge is 0.0340 e. The normalized spacial score (nSPS) is 14.1. The standard InChI is InChI=1S/C19H26N2/c1-19(16-20,15-18-11-7-4-8-12-18)21(2)14-13-17-9-5-3-6-10-17/h3-12H,13-16,20H2,1-2H3. The molecule has 0 fully saturated rings. The van der Waals surface area contributed by atoms with Gasteiger partial charge in [0.1, 0.15) is 0 Å². The summed E-state index contributed by atoms with van der Waals surface area (Å²) in [7, 11) is 2.18. The molecule has 112 valence electrons. The van der Waals surface area contributed by atoms with Gasteiger partial charge in [-0.2, -0.15) is 0 Å². The highest BCUT2D eigenvalue weighted by atomic mass is 15.2. The minimum atomic E-state index is -0.00384. The molecule has 2 N–H and O–H groups in total. The topological polar surface area (TPSA) is 29.3 Å². The molecule has 0 saturated heterocycles. The summed E-state index contributed by atoms with van der Waals surface area (Å²) in [6.45, 7) is 3.93. The summed E-state index contributed by atoms with van der Waals surface area (Å²) in [5, 5.41) is 0. The first-order valence-corrected chi connectivity index (χ1v) is 7.63. The van der Waals surface area contributed by atoms with Crippen molar-refractivity contribution in [1.29, 1.82) is 0 Å². The van der Waals surface area contributed by atoms with Gasteiger partial charge in [-0.05, 0) is 37.9 Å². The fraction of sp³-hybridized carbons (Fsp3) is 0.368. The molecule has 0 amide bonds. The molecule has 0 aliphatic rings. The van der Waals surface area contributed by atoms with Crippen LogP contribution in [-0.2, 0) is 12.8 Å². The Hall–Kier alpha value is -1.64. The molecular formula is C19H26N2. The van der Waals surface area contributed by atoms with E-state index in [0.29, 0.717) is 6.54 Å². The minimum Gasteiger partial charge on any atom is -0.329 e. The Balaban J connectivity index is 1.98. The third-order valence-corrected chi connectivity index (χ3v) is 4.37. The summed E-state index contributed by atoms with van der Waals surface area (Å²) in [6, 6.07) is 21.2. The van der Waals surface area contributed by atoms with Crippen LogP contribution in [0.4, 0.5) is 0 Å². The van der Waals surface area contributed by atoms with E-state index in [1.807, 2.05) is 0 Å². The van der Waals surface area contributed by atoms with Crippen LogP contribution in [0.5, 0.6) is 0 Å². The number of hydrogen-bond donors (Lipinski definition) is 1. The highest BCUT2D eigenvalue weighted by Crippen LogP contribution is 2.19. The van der Waals surface area contributed by atoms with E-state index in [1.54, 1.807) is 0 Å². The zero-order valence-electron chi connectivity index (χ0n) is 13.1. The molecule has 2 heteroatoms. The average Bonchev–Trinajstić information content (AvgIpc) is 2.54. The maximum atomic E-state index is 6.08. The van der Waals surface area contributed by atoms with E-state index in [4.69, 9.17) is 5.73 Å². The van der Waals surface area contributed by atoms with Crippen molar-refractivity contribution in [2.45, 2.75) is 25.3 Å². The van der Waals surface area contributed by atoms with E-state index >= 15 is 0 Å². The molecule has 0 aliphatic heterocycles. The Morgan fingerprint density at radius 1 is 0.905 bits per heavy atom. The summed E-state index contributed by atoms with van der Waals surface area (Å²) in [5.41, 5.74) is 8.80. The Morgan fingerprint density at radius 2 is 1.43 bits per heavy atom. The van der Waals surface area contributed by atoms with E-state index in [2.05, 4.69) is 79.5 Å². The molecule has 2 rings (SSSR count). The Kier molecular flexibility index (Phi) is 5.54. The number of hydrogen-bond acceptors (Lipinski definition) is 2. The fourth-order valence-corrected chi connectivity index (χ4v) is 2.61. The number of rotatable bonds is 7. The van der Waals surface area contributed by atoms with Gasteiger partial charge in [-0.25, -0.2) is 0 Å². The summed E-state index contributed by atoms with van der Waals surface area (Å²) in [6.07, 6.45) is 2.04. The maximum Gasteiger partial charge on any atom is 0.0340 e. The molecule has 1 atom stereocenters. The quantitative estimate of drug-likeness (QED) is 0.845. The Labute approximate surface area is 128 Å². The van der Waals surface area contributed by atoms with Gasteiger partial charge in [0.25, 0.3) is 0 Å². The minimum absolute atomic E-state index is 0.00384. The fourth-order valence-electron chi connectivity index (χ4n) is 2.61. The van der Waals surface area contributed by atoms with Crippen LogP contribution in [0.25, 0.3) is 0 Å². The van der Waals surface area contributed by atoms with Crippen LogP contribution in [0.15, 0.2) is 60.7 Å². The van der Waals surface area contributed by atoms with Crippen LogP contribution < -0.4 is 5.73 Å². The monoisotopic (exact) mass is 282 g/mol. The third-order valence-electron chi connectivity index (χ3n) is 4.37. The number of nitrogens with zero attached hydrogens (tertiary/aromatic N) is 1. The van der Waals surface area contributed by atoms with Crippen molar-refractivity contribution in [3.8, 4) is 0 Å². The van der Waals surface area contributed by atoms with Gasteiger partial charge in [0.2, 0.25) is 0 Å². The lowest BCUT2D eigenvalue weighted by molar-refractivity contribution is 0.146. The lowest BCUT2D eigenvalue weighted by Gasteiger charge is -2.38. The molecule has 1 unspecified atom stereocenters.